The van der Waals surface area contributed by atoms with E-state index in [2.05, 4.69) is 0 Å². The van der Waals surface area contributed by atoms with E-state index in [1.807, 2.05) is 27.7 Å². The van der Waals surface area contributed by atoms with Gasteiger partial charge in [0.15, 0.2) is 0 Å². The van der Waals surface area contributed by atoms with E-state index in [4.69, 9.17) is 5.11 Å². The first-order valence-electron chi connectivity index (χ1n) is 4.85. The van der Waals surface area contributed by atoms with Crippen molar-refractivity contribution in [3.05, 3.63) is 0 Å². The van der Waals surface area contributed by atoms with Crippen molar-refractivity contribution in [2.45, 2.75) is 34.1 Å². The van der Waals surface area contributed by atoms with E-state index in [-0.39, 0.29) is 17.9 Å². The zero-order valence-corrected chi connectivity index (χ0v) is 9.13. The summed E-state index contributed by atoms with van der Waals surface area (Å²) in [5.41, 5.74) is -0.292. The molecule has 3 nitrogen and oxygen atoms in total. The molecule has 3 heteroatoms. The molecule has 0 atom stereocenters. The molecule has 0 aromatic heterocycles. The third-order valence-corrected chi connectivity index (χ3v) is 2.17. The van der Waals surface area contributed by atoms with Crippen molar-refractivity contribution < 1.29 is 9.90 Å². The van der Waals surface area contributed by atoms with E-state index in [1.54, 1.807) is 4.90 Å². The molecule has 0 aliphatic carbocycles. The van der Waals surface area contributed by atoms with Gasteiger partial charge in [0, 0.05) is 26.1 Å². The molecule has 0 saturated carbocycles. The first-order valence-corrected chi connectivity index (χ1v) is 4.85. The Bertz CT molecular complexity index is 162. The molecule has 0 saturated heterocycles. The third-order valence-electron chi connectivity index (χ3n) is 2.17. The van der Waals surface area contributed by atoms with E-state index >= 15 is 0 Å². The van der Waals surface area contributed by atoms with Gasteiger partial charge in [-0.2, -0.15) is 0 Å². The van der Waals surface area contributed by atoms with E-state index in [9.17, 15) is 4.79 Å². The van der Waals surface area contributed by atoms with Crippen LogP contribution in [0.3, 0.4) is 0 Å². The van der Waals surface area contributed by atoms with Gasteiger partial charge in [0.25, 0.3) is 0 Å². The van der Waals surface area contributed by atoms with Crippen LogP contribution in [-0.2, 0) is 4.79 Å². The SMILES string of the molecule is CCN(CC)C(=O)CC(C)(C)CO. The summed E-state index contributed by atoms with van der Waals surface area (Å²) in [6.07, 6.45) is 0.422. The molecule has 0 rings (SSSR count). The zero-order valence-electron chi connectivity index (χ0n) is 9.13. The summed E-state index contributed by atoms with van der Waals surface area (Å²) in [6.45, 7) is 9.27. The van der Waals surface area contributed by atoms with Crippen molar-refractivity contribution in [1.82, 2.24) is 4.90 Å². The van der Waals surface area contributed by atoms with Gasteiger partial charge < -0.3 is 10.0 Å². The summed E-state index contributed by atoms with van der Waals surface area (Å²) in [5.74, 6) is 0.129. The number of aliphatic hydroxyl groups excluding tert-OH is 1. The molecule has 0 unspecified atom stereocenters. The molecular formula is C10H21NO2. The Morgan fingerprint density at radius 2 is 1.77 bits per heavy atom. The lowest BCUT2D eigenvalue weighted by molar-refractivity contribution is -0.133. The molecule has 0 spiro atoms. The summed E-state index contributed by atoms with van der Waals surface area (Å²) in [5, 5.41) is 9.00. The Labute approximate surface area is 80.7 Å². The van der Waals surface area contributed by atoms with E-state index in [0.29, 0.717) is 6.42 Å². The van der Waals surface area contributed by atoms with Crippen LogP contribution in [-0.4, -0.2) is 35.6 Å². The number of rotatable bonds is 5. The number of amides is 1. The van der Waals surface area contributed by atoms with Crippen molar-refractivity contribution in [2.75, 3.05) is 19.7 Å². The Morgan fingerprint density at radius 1 is 1.31 bits per heavy atom. The molecule has 78 valence electrons. The largest absolute Gasteiger partial charge is 0.396 e. The molecule has 0 radical (unpaired) electrons. The summed E-state index contributed by atoms with van der Waals surface area (Å²) in [7, 11) is 0. The average molecular weight is 187 g/mol. The maximum Gasteiger partial charge on any atom is 0.223 e. The van der Waals surface area contributed by atoms with Gasteiger partial charge in [-0.15, -0.1) is 0 Å². The maximum absolute atomic E-state index is 11.6. The number of nitrogens with zero attached hydrogens (tertiary/aromatic N) is 1. The molecule has 0 aliphatic heterocycles. The standard InChI is InChI=1S/C10H21NO2/c1-5-11(6-2)9(13)7-10(3,4)8-12/h12H,5-8H2,1-4H3. The van der Waals surface area contributed by atoms with Crippen LogP contribution in [0.2, 0.25) is 0 Å². The second-order valence-electron chi connectivity index (χ2n) is 4.07. The van der Waals surface area contributed by atoms with Gasteiger partial charge in [-0.3, -0.25) is 4.79 Å². The van der Waals surface area contributed by atoms with Gasteiger partial charge in [-0.05, 0) is 19.3 Å². The zero-order chi connectivity index (χ0) is 10.5. The van der Waals surface area contributed by atoms with Crippen LogP contribution in [0.4, 0.5) is 0 Å². The first kappa shape index (κ1) is 12.4. The van der Waals surface area contributed by atoms with Crippen LogP contribution in [0.1, 0.15) is 34.1 Å². The van der Waals surface area contributed by atoms with Crippen LogP contribution >= 0.6 is 0 Å². The number of hydrogen-bond acceptors (Lipinski definition) is 2. The molecule has 1 N–H and O–H groups in total. The summed E-state index contributed by atoms with van der Waals surface area (Å²) in [4.78, 5) is 13.4. The van der Waals surface area contributed by atoms with E-state index < -0.39 is 0 Å². The van der Waals surface area contributed by atoms with Crippen molar-refractivity contribution in [3.63, 3.8) is 0 Å². The van der Waals surface area contributed by atoms with Gasteiger partial charge in [0.1, 0.15) is 0 Å². The fraction of sp³-hybridized carbons (Fsp3) is 0.900. The van der Waals surface area contributed by atoms with Gasteiger partial charge in [0.2, 0.25) is 5.91 Å². The van der Waals surface area contributed by atoms with Crippen LogP contribution in [0.5, 0.6) is 0 Å². The molecular weight excluding hydrogens is 166 g/mol. The van der Waals surface area contributed by atoms with Gasteiger partial charge >= 0.3 is 0 Å². The van der Waals surface area contributed by atoms with Crippen LogP contribution in [0.25, 0.3) is 0 Å². The lowest BCUT2D eigenvalue weighted by Gasteiger charge is -2.25. The Hall–Kier alpha value is -0.570. The molecule has 0 aliphatic rings. The summed E-state index contributed by atoms with van der Waals surface area (Å²) >= 11 is 0. The second kappa shape index (κ2) is 5.22. The normalized spacial score (nSPS) is 11.5. The van der Waals surface area contributed by atoms with Crippen LogP contribution in [0, 0.1) is 5.41 Å². The molecule has 13 heavy (non-hydrogen) atoms. The number of carbonyl (C=O) groups excluding carboxylic acids is 1. The molecule has 0 aromatic carbocycles. The quantitative estimate of drug-likeness (QED) is 0.704. The Morgan fingerprint density at radius 3 is 2.08 bits per heavy atom. The molecule has 1 amide bonds. The fourth-order valence-electron chi connectivity index (χ4n) is 1.15. The molecule has 0 heterocycles. The number of aliphatic hydroxyl groups is 1. The van der Waals surface area contributed by atoms with Crippen LogP contribution in [0.15, 0.2) is 0 Å². The Balaban J connectivity index is 4.13. The van der Waals surface area contributed by atoms with E-state index in [0.717, 1.165) is 13.1 Å². The minimum atomic E-state index is -0.292. The number of hydrogen-bond donors (Lipinski definition) is 1. The predicted octanol–water partition coefficient (Wildman–Crippen LogP) is 1.26. The smallest absolute Gasteiger partial charge is 0.223 e. The van der Waals surface area contributed by atoms with Crippen LogP contribution < -0.4 is 0 Å². The summed E-state index contributed by atoms with van der Waals surface area (Å²) < 4.78 is 0. The van der Waals surface area contributed by atoms with E-state index in [1.165, 1.54) is 0 Å². The third kappa shape index (κ3) is 4.27. The lowest BCUT2D eigenvalue weighted by Crippen LogP contribution is -2.34. The highest BCUT2D eigenvalue weighted by molar-refractivity contribution is 5.76. The van der Waals surface area contributed by atoms with Gasteiger partial charge in [-0.1, -0.05) is 13.8 Å². The van der Waals surface area contributed by atoms with Gasteiger partial charge in [0.05, 0.1) is 0 Å². The van der Waals surface area contributed by atoms with Crippen molar-refractivity contribution in [1.29, 1.82) is 0 Å². The minimum Gasteiger partial charge on any atom is -0.396 e. The second-order valence-corrected chi connectivity index (χ2v) is 4.07. The van der Waals surface area contributed by atoms with Crippen molar-refractivity contribution in [3.8, 4) is 0 Å². The first-order chi connectivity index (χ1) is 5.96. The highest BCUT2D eigenvalue weighted by Gasteiger charge is 2.23. The van der Waals surface area contributed by atoms with Crippen molar-refractivity contribution >= 4 is 5.91 Å². The molecule has 0 bridgehead atoms. The Kier molecular flexibility index (Phi) is 4.99. The lowest BCUT2D eigenvalue weighted by atomic mass is 9.90. The fourth-order valence-corrected chi connectivity index (χ4v) is 1.15. The van der Waals surface area contributed by atoms with Crippen molar-refractivity contribution in [2.24, 2.45) is 5.41 Å². The topological polar surface area (TPSA) is 40.5 Å². The molecule has 0 aromatic rings. The van der Waals surface area contributed by atoms with Gasteiger partial charge in [-0.25, -0.2) is 0 Å². The maximum atomic E-state index is 11.6. The summed E-state index contributed by atoms with van der Waals surface area (Å²) in [6, 6.07) is 0. The highest BCUT2D eigenvalue weighted by atomic mass is 16.3. The number of carbonyl (C=O) groups is 1. The molecule has 0 fully saturated rings. The predicted molar refractivity (Wildman–Crippen MR) is 53.4 cm³/mol. The highest BCUT2D eigenvalue weighted by Crippen LogP contribution is 2.20. The monoisotopic (exact) mass is 187 g/mol. The minimum absolute atomic E-state index is 0.0556. The average Bonchev–Trinajstić information content (AvgIpc) is 2.06.